The van der Waals surface area contributed by atoms with Crippen molar-refractivity contribution in [1.29, 1.82) is 0 Å². The van der Waals surface area contributed by atoms with E-state index in [4.69, 9.17) is 33.3 Å². The molecule has 0 radical (unpaired) electrons. The number of thiocarbonyl (C=S) groups is 1. The van der Waals surface area contributed by atoms with E-state index in [9.17, 15) is 23.3 Å². The summed E-state index contributed by atoms with van der Waals surface area (Å²) in [7, 11) is -1.26. The van der Waals surface area contributed by atoms with E-state index in [1.54, 1.807) is 0 Å². The molecule has 2 aromatic rings. The Bertz CT molecular complexity index is 996. The Morgan fingerprint density at radius 1 is 1.19 bits per heavy atom. The topological polar surface area (TPSA) is 61.6 Å². The number of hydrogen-bond donors (Lipinski definition) is 0. The van der Waals surface area contributed by atoms with Crippen LogP contribution in [-0.4, -0.2) is 24.7 Å². The van der Waals surface area contributed by atoms with Crippen LogP contribution in [0.1, 0.15) is 17.5 Å². The average molecular weight is 506 g/mol. The fourth-order valence-electron chi connectivity index (χ4n) is 2.67. The number of nitro groups is 1. The van der Waals surface area contributed by atoms with E-state index in [0.717, 1.165) is 24.2 Å². The van der Waals surface area contributed by atoms with Gasteiger partial charge in [0.05, 0.1) is 22.1 Å². The molecule has 0 saturated carbocycles. The number of nitrogens with zero attached hydrogens (tertiary/aromatic N) is 1. The SMILES string of the molecule is C[Si](C)(C)CCOC(=S)CCc1cc(Oc2ccc(C(F)(F)F)cc2Cl)ccc1[N+](=O)[O-]. The molecule has 0 N–H and O–H groups in total. The van der Waals surface area contributed by atoms with E-state index in [1.807, 2.05) is 0 Å². The molecule has 0 spiro atoms. The Morgan fingerprint density at radius 3 is 2.44 bits per heavy atom. The van der Waals surface area contributed by atoms with Gasteiger partial charge in [0.15, 0.2) is 5.05 Å². The van der Waals surface area contributed by atoms with Gasteiger partial charge >= 0.3 is 6.18 Å². The summed E-state index contributed by atoms with van der Waals surface area (Å²) in [6.07, 6.45) is -3.97. The van der Waals surface area contributed by atoms with E-state index >= 15 is 0 Å². The summed E-state index contributed by atoms with van der Waals surface area (Å²) < 4.78 is 49.6. The molecule has 2 aromatic carbocycles. The lowest BCUT2D eigenvalue weighted by molar-refractivity contribution is -0.385. The van der Waals surface area contributed by atoms with E-state index < -0.39 is 24.7 Å². The van der Waals surface area contributed by atoms with Crippen LogP contribution in [0.5, 0.6) is 11.5 Å². The van der Waals surface area contributed by atoms with Crippen molar-refractivity contribution in [3.05, 3.63) is 62.7 Å². The van der Waals surface area contributed by atoms with Crippen LogP contribution in [0.15, 0.2) is 36.4 Å². The van der Waals surface area contributed by atoms with Crippen molar-refractivity contribution in [3.63, 3.8) is 0 Å². The molecule has 0 fully saturated rings. The first-order valence-corrected chi connectivity index (χ1v) is 14.2. The Morgan fingerprint density at radius 2 is 1.88 bits per heavy atom. The molecular weight excluding hydrogens is 483 g/mol. The van der Waals surface area contributed by atoms with Crippen molar-refractivity contribution in [2.45, 2.75) is 44.7 Å². The molecule has 0 aromatic heterocycles. The summed E-state index contributed by atoms with van der Waals surface area (Å²) >= 11 is 11.2. The van der Waals surface area contributed by atoms with Gasteiger partial charge in [-0.2, -0.15) is 13.2 Å². The highest BCUT2D eigenvalue weighted by atomic mass is 35.5. The molecule has 0 atom stereocenters. The minimum Gasteiger partial charge on any atom is -0.487 e. The summed E-state index contributed by atoms with van der Waals surface area (Å²) in [5, 5.41) is 11.5. The molecule has 0 aliphatic rings. The fraction of sp³-hybridized carbons (Fsp3) is 0.381. The van der Waals surface area contributed by atoms with E-state index in [1.165, 1.54) is 18.2 Å². The van der Waals surface area contributed by atoms with Crippen molar-refractivity contribution in [2.24, 2.45) is 0 Å². The highest BCUT2D eigenvalue weighted by Gasteiger charge is 2.31. The first kappa shape index (κ1) is 26.1. The molecule has 0 amide bonds. The highest BCUT2D eigenvalue weighted by Crippen LogP contribution is 2.37. The maximum absolute atomic E-state index is 12.8. The van der Waals surface area contributed by atoms with Gasteiger partial charge in [-0.15, -0.1) is 0 Å². The molecule has 0 aliphatic heterocycles. The molecule has 0 aliphatic carbocycles. The third-order valence-corrected chi connectivity index (χ3v) is 6.77. The van der Waals surface area contributed by atoms with Crippen molar-refractivity contribution >= 4 is 42.6 Å². The summed E-state index contributed by atoms with van der Waals surface area (Å²) in [6, 6.07) is 7.76. The predicted molar refractivity (Wildman–Crippen MR) is 125 cm³/mol. The van der Waals surface area contributed by atoms with Crippen molar-refractivity contribution < 1.29 is 27.6 Å². The monoisotopic (exact) mass is 505 g/mol. The van der Waals surface area contributed by atoms with E-state index in [2.05, 4.69) is 19.6 Å². The lowest BCUT2D eigenvalue weighted by Crippen LogP contribution is -2.22. The van der Waals surface area contributed by atoms with Gasteiger partial charge in [-0.25, -0.2) is 0 Å². The molecule has 2 rings (SSSR count). The van der Waals surface area contributed by atoms with Crippen molar-refractivity contribution in [3.8, 4) is 11.5 Å². The number of benzene rings is 2. The number of halogens is 4. The lowest BCUT2D eigenvalue weighted by Gasteiger charge is -2.16. The van der Waals surface area contributed by atoms with E-state index in [0.29, 0.717) is 23.6 Å². The number of nitro benzene ring substituents is 1. The lowest BCUT2D eigenvalue weighted by atomic mass is 10.1. The molecule has 32 heavy (non-hydrogen) atoms. The number of alkyl halides is 3. The number of rotatable bonds is 9. The van der Waals surface area contributed by atoms with Gasteiger partial charge < -0.3 is 9.47 Å². The van der Waals surface area contributed by atoms with Gasteiger partial charge in [-0.3, -0.25) is 10.1 Å². The van der Waals surface area contributed by atoms with Crippen LogP contribution >= 0.6 is 23.8 Å². The second-order valence-corrected chi connectivity index (χ2v) is 14.8. The summed E-state index contributed by atoms with van der Waals surface area (Å²) in [5.41, 5.74) is -0.644. The Balaban J connectivity index is 2.12. The summed E-state index contributed by atoms with van der Waals surface area (Å²) in [4.78, 5) is 10.9. The van der Waals surface area contributed by atoms with Crippen LogP contribution in [0, 0.1) is 10.1 Å². The maximum Gasteiger partial charge on any atom is 0.416 e. The molecular formula is C21H23ClF3NO4SSi. The van der Waals surface area contributed by atoms with Gasteiger partial charge in [0.25, 0.3) is 5.69 Å². The third kappa shape index (κ3) is 8.07. The Labute approximate surface area is 195 Å². The first-order chi connectivity index (χ1) is 14.8. The minimum atomic E-state index is -4.53. The average Bonchev–Trinajstić information content (AvgIpc) is 2.66. The van der Waals surface area contributed by atoms with Gasteiger partial charge in [0.2, 0.25) is 0 Å². The zero-order valence-corrected chi connectivity index (χ0v) is 20.4. The minimum absolute atomic E-state index is 0.00432. The molecule has 5 nitrogen and oxygen atoms in total. The van der Waals surface area contributed by atoms with Crippen LogP contribution in [-0.2, 0) is 17.3 Å². The van der Waals surface area contributed by atoms with Gasteiger partial charge in [0, 0.05) is 26.1 Å². The third-order valence-electron chi connectivity index (χ3n) is 4.45. The maximum atomic E-state index is 12.8. The first-order valence-electron chi connectivity index (χ1n) is 9.74. The molecule has 0 heterocycles. The number of hydrogen-bond acceptors (Lipinski definition) is 5. The molecule has 0 saturated heterocycles. The fourth-order valence-corrected chi connectivity index (χ4v) is 3.79. The predicted octanol–water partition coefficient (Wildman–Crippen LogP) is 7.67. The number of aryl methyl sites for hydroxylation is 1. The van der Waals surface area contributed by atoms with Crippen LogP contribution in [0.25, 0.3) is 0 Å². The second-order valence-electron chi connectivity index (χ2n) is 8.32. The Kier molecular flexibility index (Phi) is 8.66. The smallest absolute Gasteiger partial charge is 0.416 e. The molecule has 0 unspecified atom stereocenters. The molecule has 0 bridgehead atoms. The van der Waals surface area contributed by atoms with Crippen LogP contribution in [0.3, 0.4) is 0 Å². The summed E-state index contributed by atoms with van der Waals surface area (Å²) in [5.74, 6) is 0.211. The standard InChI is InChI=1S/C21H23ClF3NO4SSi/c1-32(2,3)11-10-29-20(31)9-4-14-12-16(6-7-18(14)26(27)28)30-19-8-5-15(13-17(19)22)21(23,24)25/h5-8,12-13H,4,9-11H2,1-3H3. The van der Waals surface area contributed by atoms with Gasteiger partial charge in [-0.05, 0) is 55.0 Å². The number of ether oxygens (including phenoxy) is 2. The summed E-state index contributed by atoms with van der Waals surface area (Å²) in [6.45, 7) is 7.18. The van der Waals surface area contributed by atoms with Gasteiger partial charge in [-0.1, -0.05) is 31.2 Å². The van der Waals surface area contributed by atoms with Crippen molar-refractivity contribution in [1.82, 2.24) is 0 Å². The van der Waals surface area contributed by atoms with Crippen LogP contribution in [0.2, 0.25) is 30.7 Å². The highest BCUT2D eigenvalue weighted by molar-refractivity contribution is 7.80. The molecule has 174 valence electrons. The van der Waals surface area contributed by atoms with E-state index in [-0.39, 0.29) is 28.6 Å². The quantitative estimate of drug-likeness (QED) is 0.151. The van der Waals surface area contributed by atoms with Crippen LogP contribution in [0.4, 0.5) is 18.9 Å². The second kappa shape index (κ2) is 10.6. The Hall–Kier alpha value is -2.17. The largest absolute Gasteiger partial charge is 0.487 e. The van der Waals surface area contributed by atoms with Crippen LogP contribution < -0.4 is 4.74 Å². The zero-order valence-electron chi connectivity index (χ0n) is 17.8. The normalized spacial score (nSPS) is 11.8. The zero-order chi connectivity index (χ0) is 24.1. The van der Waals surface area contributed by atoms with Gasteiger partial charge in [0.1, 0.15) is 11.5 Å². The molecule has 11 heteroatoms. The van der Waals surface area contributed by atoms with Crippen molar-refractivity contribution in [2.75, 3.05) is 6.61 Å².